The van der Waals surface area contributed by atoms with E-state index < -0.39 is 0 Å². The Bertz CT molecular complexity index is 923. The van der Waals surface area contributed by atoms with Crippen molar-refractivity contribution in [3.8, 4) is 22.8 Å². The molecule has 0 aromatic carbocycles. The molecule has 0 N–H and O–H groups in total. The van der Waals surface area contributed by atoms with Crippen LogP contribution >= 0.6 is 0 Å². The largest absolute Gasteiger partial charge is 0.351 e. The fourth-order valence-electron chi connectivity index (χ4n) is 2.73. The molecule has 0 aliphatic carbocycles. The molecule has 0 bridgehead atoms. The first-order chi connectivity index (χ1) is 14.4. The minimum absolute atomic E-state index is 0.198. The molecule has 6 heteroatoms. The second kappa shape index (κ2) is 9.64. The Morgan fingerprint density at radius 2 is 1.00 bits per heavy atom. The average molecular weight is 384 g/mol. The van der Waals surface area contributed by atoms with Crippen LogP contribution in [0, 0.1) is 0 Å². The van der Waals surface area contributed by atoms with E-state index in [1.54, 1.807) is 24.8 Å². The molecule has 4 heterocycles. The van der Waals surface area contributed by atoms with E-state index in [4.69, 9.17) is 9.47 Å². The lowest BCUT2D eigenvalue weighted by molar-refractivity contribution is -0.0690. The van der Waals surface area contributed by atoms with Gasteiger partial charge in [0.05, 0.1) is 36.0 Å². The summed E-state index contributed by atoms with van der Waals surface area (Å²) in [5.74, 6) is 0. The molecule has 29 heavy (non-hydrogen) atoms. The summed E-state index contributed by atoms with van der Waals surface area (Å²) in [7, 11) is 0. The van der Waals surface area contributed by atoms with Gasteiger partial charge in [0.15, 0.2) is 0 Å². The van der Waals surface area contributed by atoms with Crippen molar-refractivity contribution in [1.82, 2.24) is 19.9 Å². The molecule has 0 fully saturated rings. The first kappa shape index (κ1) is 18.9. The van der Waals surface area contributed by atoms with E-state index in [0.29, 0.717) is 13.2 Å². The van der Waals surface area contributed by atoms with E-state index in [1.807, 2.05) is 60.7 Å². The number of hydrogen-bond donors (Lipinski definition) is 0. The quantitative estimate of drug-likeness (QED) is 0.333. The highest BCUT2D eigenvalue weighted by Gasteiger charge is 2.02. The van der Waals surface area contributed by atoms with Crippen LogP contribution in [0.15, 0.2) is 85.5 Å². The van der Waals surface area contributed by atoms with Crippen molar-refractivity contribution in [2.75, 3.05) is 6.79 Å². The van der Waals surface area contributed by atoms with Gasteiger partial charge in [-0.3, -0.25) is 19.9 Å². The van der Waals surface area contributed by atoms with Crippen LogP contribution in [0.25, 0.3) is 22.8 Å². The van der Waals surface area contributed by atoms with Crippen molar-refractivity contribution in [3.63, 3.8) is 0 Å². The lowest BCUT2D eigenvalue weighted by atomic mass is 10.2. The van der Waals surface area contributed by atoms with Crippen molar-refractivity contribution >= 4 is 0 Å². The third-order valence-corrected chi connectivity index (χ3v) is 4.21. The molecule has 0 aliphatic rings. The summed E-state index contributed by atoms with van der Waals surface area (Å²) in [6.45, 7) is 1.07. The molecule has 0 saturated carbocycles. The van der Waals surface area contributed by atoms with Crippen molar-refractivity contribution < 1.29 is 9.47 Å². The number of ether oxygens (including phenoxy) is 2. The monoisotopic (exact) mass is 384 g/mol. The highest BCUT2D eigenvalue weighted by Crippen LogP contribution is 2.15. The summed E-state index contributed by atoms with van der Waals surface area (Å²) in [6, 6.07) is 19.4. The lowest BCUT2D eigenvalue weighted by Crippen LogP contribution is -2.01. The van der Waals surface area contributed by atoms with Gasteiger partial charge in [-0.05, 0) is 47.5 Å². The zero-order chi connectivity index (χ0) is 19.7. The Kier molecular flexibility index (Phi) is 6.27. The van der Waals surface area contributed by atoms with Crippen LogP contribution < -0.4 is 0 Å². The molecule has 4 rings (SSSR count). The molecular weight excluding hydrogens is 364 g/mol. The SMILES string of the molecule is c1ccc(-c2ccc(COCOCc3ccc(-c4ccccn4)nc3)cn2)nc1. The topological polar surface area (TPSA) is 70.0 Å². The highest BCUT2D eigenvalue weighted by molar-refractivity contribution is 5.54. The predicted octanol–water partition coefficient (Wildman–Crippen LogP) is 4.29. The second-order valence-corrected chi connectivity index (χ2v) is 6.35. The molecule has 4 aromatic heterocycles. The molecule has 0 amide bonds. The molecule has 6 nitrogen and oxygen atoms in total. The van der Waals surface area contributed by atoms with E-state index in [9.17, 15) is 0 Å². The zero-order valence-corrected chi connectivity index (χ0v) is 15.8. The lowest BCUT2D eigenvalue weighted by Gasteiger charge is -2.07. The van der Waals surface area contributed by atoms with Crippen LogP contribution in [0.3, 0.4) is 0 Å². The molecule has 0 atom stereocenters. The number of hydrogen-bond acceptors (Lipinski definition) is 6. The van der Waals surface area contributed by atoms with Crippen LogP contribution in [0.5, 0.6) is 0 Å². The molecule has 0 radical (unpaired) electrons. The number of nitrogens with zero attached hydrogens (tertiary/aromatic N) is 4. The third-order valence-electron chi connectivity index (χ3n) is 4.21. The van der Waals surface area contributed by atoms with Crippen LogP contribution in [-0.4, -0.2) is 26.7 Å². The summed E-state index contributed by atoms with van der Waals surface area (Å²) in [4.78, 5) is 17.5. The van der Waals surface area contributed by atoms with E-state index in [1.165, 1.54) is 0 Å². The van der Waals surface area contributed by atoms with Gasteiger partial charge in [0.1, 0.15) is 6.79 Å². The molecule has 0 unspecified atom stereocenters. The normalized spacial score (nSPS) is 10.8. The standard InChI is InChI=1S/C23H20N4O2/c1-3-11-24-20(5-1)22-9-7-18(13-26-22)15-28-17-29-16-19-8-10-23(27-14-19)21-6-2-4-12-25-21/h1-14H,15-17H2. The molecule has 0 saturated heterocycles. The van der Waals surface area contributed by atoms with Gasteiger partial charge in [-0.2, -0.15) is 0 Å². The van der Waals surface area contributed by atoms with Gasteiger partial charge in [0.2, 0.25) is 0 Å². The fraction of sp³-hybridized carbons (Fsp3) is 0.130. The van der Waals surface area contributed by atoms with E-state index in [0.717, 1.165) is 33.9 Å². The fourth-order valence-corrected chi connectivity index (χ4v) is 2.73. The Morgan fingerprint density at radius 1 is 0.517 bits per heavy atom. The summed E-state index contributed by atoms with van der Waals surface area (Å²) in [6.07, 6.45) is 7.11. The molecule has 0 aliphatic heterocycles. The van der Waals surface area contributed by atoms with Gasteiger partial charge in [0, 0.05) is 24.8 Å². The maximum Gasteiger partial charge on any atom is 0.147 e. The summed E-state index contributed by atoms with van der Waals surface area (Å²) in [5, 5.41) is 0. The highest BCUT2D eigenvalue weighted by atomic mass is 16.7. The minimum atomic E-state index is 0.198. The summed E-state index contributed by atoms with van der Waals surface area (Å²) < 4.78 is 11.1. The van der Waals surface area contributed by atoms with E-state index in [2.05, 4.69) is 19.9 Å². The van der Waals surface area contributed by atoms with Gasteiger partial charge in [-0.15, -0.1) is 0 Å². The van der Waals surface area contributed by atoms with Crippen molar-refractivity contribution in [3.05, 3.63) is 96.6 Å². The van der Waals surface area contributed by atoms with Gasteiger partial charge < -0.3 is 9.47 Å². The van der Waals surface area contributed by atoms with Gasteiger partial charge >= 0.3 is 0 Å². The first-order valence-electron chi connectivity index (χ1n) is 9.27. The molecule has 4 aromatic rings. The Hall–Kier alpha value is -3.48. The molecule has 0 spiro atoms. The number of aromatic nitrogens is 4. The predicted molar refractivity (Wildman–Crippen MR) is 109 cm³/mol. The van der Waals surface area contributed by atoms with Crippen LogP contribution in [-0.2, 0) is 22.7 Å². The summed E-state index contributed by atoms with van der Waals surface area (Å²) in [5.41, 5.74) is 5.35. The summed E-state index contributed by atoms with van der Waals surface area (Å²) >= 11 is 0. The number of pyridine rings is 4. The van der Waals surface area contributed by atoms with E-state index in [-0.39, 0.29) is 6.79 Å². The van der Waals surface area contributed by atoms with Gasteiger partial charge in [-0.1, -0.05) is 24.3 Å². The molecule has 144 valence electrons. The first-order valence-corrected chi connectivity index (χ1v) is 9.27. The van der Waals surface area contributed by atoms with Crippen molar-refractivity contribution in [2.45, 2.75) is 13.2 Å². The second-order valence-electron chi connectivity index (χ2n) is 6.35. The molecular formula is C23H20N4O2. The zero-order valence-electron chi connectivity index (χ0n) is 15.8. The van der Waals surface area contributed by atoms with Crippen molar-refractivity contribution in [1.29, 1.82) is 0 Å². The maximum absolute atomic E-state index is 5.57. The Balaban J connectivity index is 1.20. The van der Waals surface area contributed by atoms with Crippen LogP contribution in [0.4, 0.5) is 0 Å². The number of rotatable bonds is 8. The average Bonchev–Trinajstić information content (AvgIpc) is 2.81. The maximum atomic E-state index is 5.57. The van der Waals surface area contributed by atoms with Crippen LogP contribution in [0.2, 0.25) is 0 Å². The van der Waals surface area contributed by atoms with Crippen LogP contribution in [0.1, 0.15) is 11.1 Å². The Labute approximate surface area is 169 Å². The van der Waals surface area contributed by atoms with E-state index >= 15 is 0 Å². The smallest absolute Gasteiger partial charge is 0.147 e. The van der Waals surface area contributed by atoms with Gasteiger partial charge in [0.25, 0.3) is 0 Å². The minimum Gasteiger partial charge on any atom is -0.351 e. The third kappa shape index (κ3) is 5.28. The van der Waals surface area contributed by atoms with Gasteiger partial charge in [-0.25, -0.2) is 0 Å². The van der Waals surface area contributed by atoms with Crippen molar-refractivity contribution in [2.24, 2.45) is 0 Å². The Morgan fingerprint density at radius 3 is 1.38 bits per heavy atom.